The van der Waals surface area contributed by atoms with Crippen LogP contribution in [-0.4, -0.2) is 32.9 Å². The number of H-pyrrole nitrogens is 2. The third kappa shape index (κ3) is 2.77. The number of aromatic nitrogens is 4. The van der Waals surface area contributed by atoms with Gasteiger partial charge in [-0.3, -0.25) is 4.55 Å². The third-order valence-electron chi connectivity index (χ3n) is 4.46. The van der Waals surface area contributed by atoms with Crippen LogP contribution in [0.15, 0.2) is 57.8 Å². The van der Waals surface area contributed by atoms with Crippen molar-refractivity contribution in [2.75, 3.05) is 0 Å². The van der Waals surface area contributed by atoms with E-state index in [1.165, 1.54) is 18.2 Å². The molecule has 3 N–H and O–H groups in total. The minimum atomic E-state index is -4.28. The predicted octanol–water partition coefficient (Wildman–Crippen LogP) is 3.92. The summed E-state index contributed by atoms with van der Waals surface area (Å²) < 4.78 is 37.7. The van der Waals surface area contributed by atoms with Crippen LogP contribution in [0.4, 0.5) is 0 Å². The molecule has 5 aromatic rings. The van der Waals surface area contributed by atoms with E-state index in [4.69, 9.17) is 4.42 Å². The van der Waals surface area contributed by atoms with Crippen molar-refractivity contribution in [2.24, 2.45) is 0 Å². The summed E-state index contributed by atoms with van der Waals surface area (Å²) in [6, 6.07) is 13.6. The van der Waals surface area contributed by atoms with E-state index in [9.17, 15) is 13.0 Å². The molecule has 28 heavy (non-hydrogen) atoms. The van der Waals surface area contributed by atoms with Gasteiger partial charge in [0, 0.05) is 0 Å². The van der Waals surface area contributed by atoms with Crippen LogP contribution in [0.3, 0.4) is 0 Å². The molecule has 0 fully saturated rings. The Bertz CT molecular complexity index is 1460. The summed E-state index contributed by atoms with van der Waals surface area (Å²) >= 11 is 0. The molecule has 140 valence electrons. The highest BCUT2D eigenvalue weighted by molar-refractivity contribution is 7.85. The zero-order valence-corrected chi connectivity index (χ0v) is 15.4. The van der Waals surface area contributed by atoms with E-state index in [0.717, 1.165) is 16.6 Å². The molecule has 9 heteroatoms. The second-order valence-electron chi connectivity index (χ2n) is 6.51. The summed E-state index contributed by atoms with van der Waals surface area (Å²) in [4.78, 5) is 15.0. The van der Waals surface area contributed by atoms with E-state index in [0.29, 0.717) is 34.2 Å². The SMILES string of the molecule is Cc1ccc2nc(-c3ccc(-c4nc5ccc(S(=O)(=O)O)cc5[nH]4)o3)[nH]c2c1. The van der Waals surface area contributed by atoms with Gasteiger partial charge in [0.1, 0.15) is 0 Å². The van der Waals surface area contributed by atoms with Gasteiger partial charge in [-0.15, -0.1) is 0 Å². The molecule has 0 spiro atoms. The van der Waals surface area contributed by atoms with E-state index in [1.54, 1.807) is 12.1 Å². The molecule has 0 aliphatic rings. The summed E-state index contributed by atoms with van der Waals surface area (Å²) in [6.07, 6.45) is 0. The lowest BCUT2D eigenvalue weighted by Crippen LogP contribution is -1.97. The average Bonchev–Trinajstić information content (AvgIpc) is 3.36. The largest absolute Gasteiger partial charge is 0.450 e. The van der Waals surface area contributed by atoms with Gasteiger partial charge < -0.3 is 14.4 Å². The van der Waals surface area contributed by atoms with Gasteiger partial charge in [-0.2, -0.15) is 8.42 Å². The number of fused-ring (bicyclic) bond motifs is 2. The van der Waals surface area contributed by atoms with E-state index in [-0.39, 0.29) is 4.90 Å². The topological polar surface area (TPSA) is 125 Å². The maximum atomic E-state index is 11.3. The van der Waals surface area contributed by atoms with E-state index in [2.05, 4.69) is 19.9 Å². The average molecular weight is 394 g/mol. The molecule has 0 aliphatic carbocycles. The smallest absolute Gasteiger partial charge is 0.294 e. The molecule has 2 aromatic carbocycles. The zero-order chi connectivity index (χ0) is 19.5. The van der Waals surface area contributed by atoms with Gasteiger partial charge in [0.05, 0.1) is 27.0 Å². The molecular weight excluding hydrogens is 380 g/mol. The Morgan fingerprint density at radius 3 is 2.04 bits per heavy atom. The summed E-state index contributed by atoms with van der Waals surface area (Å²) in [7, 11) is -4.28. The van der Waals surface area contributed by atoms with E-state index >= 15 is 0 Å². The first-order chi connectivity index (χ1) is 13.4. The van der Waals surface area contributed by atoms with Crippen molar-refractivity contribution in [2.45, 2.75) is 11.8 Å². The first-order valence-corrected chi connectivity index (χ1v) is 9.85. The van der Waals surface area contributed by atoms with Crippen molar-refractivity contribution in [1.29, 1.82) is 0 Å². The number of nitrogens with zero attached hydrogens (tertiary/aromatic N) is 2. The molecule has 0 saturated carbocycles. The highest BCUT2D eigenvalue weighted by Gasteiger charge is 2.16. The molecule has 0 atom stereocenters. The van der Waals surface area contributed by atoms with Crippen molar-refractivity contribution in [3.63, 3.8) is 0 Å². The van der Waals surface area contributed by atoms with Crippen LogP contribution in [0.2, 0.25) is 0 Å². The number of nitrogens with one attached hydrogen (secondary N) is 2. The molecular formula is C19H14N4O4S. The Morgan fingerprint density at radius 1 is 0.857 bits per heavy atom. The molecule has 0 amide bonds. The lowest BCUT2D eigenvalue weighted by atomic mass is 10.2. The van der Waals surface area contributed by atoms with Crippen LogP contribution in [-0.2, 0) is 10.1 Å². The first kappa shape index (κ1) is 16.7. The Hall–Kier alpha value is -3.43. The van der Waals surface area contributed by atoms with Crippen molar-refractivity contribution in [3.8, 4) is 23.2 Å². The van der Waals surface area contributed by atoms with E-state index in [1.807, 2.05) is 25.1 Å². The second-order valence-corrected chi connectivity index (χ2v) is 7.93. The van der Waals surface area contributed by atoms with Crippen LogP contribution in [0.1, 0.15) is 5.56 Å². The van der Waals surface area contributed by atoms with Crippen LogP contribution in [0, 0.1) is 6.92 Å². The maximum absolute atomic E-state index is 11.3. The van der Waals surface area contributed by atoms with Crippen LogP contribution >= 0.6 is 0 Å². The molecule has 0 radical (unpaired) electrons. The number of benzene rings is 2. The number of furan rings is 1. The number of hydrogen-bond acceptors (Lipinski definition) is 5. The summed E-state index contributed by atoms with van der Waals surface area (Å²) in [5.41, 5.74) is 3.94. The third-order valence-corrected chi connectivity index (χ3v) is 5.31. The minimum Gasteiger partial charge on any atom is -0.450 e. The monoisotopic (exact) mass is 394 g/mol. The molecule has 3 heterocycles. The lowest BCUT2D eigenvalue weighted by Gasteiger charge is -1.95. The Labute approximate surface area is 159 Å². The summed E-state index contributed by atoms with van der Waals surface area (Å²) in [5, 5.41) is 0. The molecule has 8 nitrogen and oxygen atoms in total. The summed E-state index contributed by atoms with van der Waals surface area (Å²) in [6.45, 7) is 2.01. The minimum absolute atomic E-state index is 0.201. The highest BCUT2D eigenvalue weighted by atomic mass is 32.2. The van der Waals surface area contributed by atoms with Crippen molar-refractivity contribution in [1.82, 2.24) is 19.9 Å². The Kier molecular flexibility index (Phi) is 3.45. The number of imidazole rings is 2. The molecule has 0 aliphatic heterocycles. The molecule has 5 rings (SSSR count). The fraction of sp³-hybridized carbons (Fsp3) is 0.0526. The molecule has 3 aromatic heterocycles. The number of rotatable bonds is 3. The van der Waals surface area contributed by atoms with Crippen molar-refractivity contribution < 1.29 is 17.4 Å². The van der Waals surface area contributed by atoms with Crippen LogP contribution in [0.5, 0.6) is 0 Å². The number of aromatic amines is 2. The van der Waals surface area contributed by atoms with Gasteiger partial charge in [0.2, 0.25) is 0 Å². The highest BCUT2D eigenvalue weighted by Crippen LogP contribution is 2.29. The summed E-state index contributed by atoms with van der Waals surface area (Å²) in [5.74, 6) is 2.09. The first-order valence-electron chi connectivity index (χ1n) is 8.41. The fourth-order valence-corrected chi connectivity index (χ4v) is 3.61. The van der Waals surface area contributed by atoms with E-state index < -0.39 is 10.1 Å². The number of aryl methyl sites for hydroxylation is 1. The zero-order valence-electron chi connectivity index (χ0n) is 14.6. The Morgan fingerprint density at radius 2 is 1.43 bits per heavy atom. The van der Waals surface area contributed by atoms with Gasteiger partial charge >= 0.3 is 0 Å². The second kappa shape index (κ2) is 5.78. The van der Waals surface area contributed by atoms with Crippen LogP contribution < -0.4 is 0 Å². The lowest BCUT2D eigenvalue weighted by molar-refractivity contribution is 0.483. The maximum Gasteiger partial charge on any atom is 0.294 e. The standard InChI is InChI=1S/C19H14N4O4S/c1-10-2-4-12-14(8-10)22-18(20-12)16-6-7-17(27-16)19-21-13-5-3-11(28(24,25)26)9-15(13)23-19/h2-9H,1H3,(H,20,22)(H,21,23)(H,24,25,26). The van der Waals surface area contributed by atoms with Gasteiger partial charge in [0.25, 0.3) is 10.1 Å². The normalized spacial score (nSPS) is 12.2. The van der Waals surface area contributed by atoms with Gasteiger partial charge in [0.15, 0.2) is 23.2 Å². The van der Waals surface area contributed by atoms with Gasteiger partial charge in [-0.25, -0.2) is 9.97 Å². The molecule has 0 bridgehead atoms. The van der Waals surface area contributed by atoms with Crippen LogP contribution in [0.25, 0.3) is 45.2 Å². The number of hydrogen-bond donors (Lipinski definition) is 3. The van der Waals surface area contributed by atoms with Gasteiger partial charge in [-0.1, -0.05) is 6.07 Å². The quantitative estimate of drug-likeness (QED) is 0.398. The predicted molar refractivity (Wildman–Crippen MR) is 103 cm³/mol. The Balaban J connectivity index is 1.54. The van der Waals surface area contributed by atoms with Gasteiger partial charge in [-0.05, 0) is 55.0 Å². The van der Waals surface area contributed by atoms with Crippen molar-refractivity contribution in [3.05, 3.63) is 54.1 Å². The molecule has 0 saturated heterocycles. The van der Waals surface area contributed by atoms with Crippen molar-refractivity contribution >= 4 is 32.2 Å². The molecule has 0 unspecified atom stereocenters. The fourth-order valence-electron chi connectivity index (χ4n) is 3.10.